The van der Waals surface area contributed by atoms with Crippen LogP contribution in [0.15, 0.2) is 18.5 Å². The molecule has 0 amide bonds. The summed E-state index contributed by atoms with van der Waals surface area (Å²) < 4.78 is 10.2. The van der Waals surface area contributed by atoms with E-state index in [2.05, 4.69) is 10.3 Å². The fourth-order valence-corrected chi connectivity index (χ4v) is 1.43. The molecule has 0 aliphatic heterocycles. The van der Waals surface area contributed by atoms with Crippen molar-refractivity contribution in [1.29, 1.82) is 0 Å². The van der Waals surface area contributed by atoms with Gasteiger partial charge in [0.15, 0.2) is 0 Å². The Morgan fingerprint density at radius 2 is 2.29 bits per heavy atom. The quantitative estimate of drug-likeness (QED) is 0.529. The number of ether oxygens (including phenoxy) is 2. The molecular weight excluding hydrogens is 238 g/mol. The van der Waals surface area contributed by atoms with Gasteiger partial charge in [-0.25, -0.2) is 0 Å². The average molecular weight is 255 g/mol. The summed E-state index contributed by atoms with van der Waals surface area (Å²) in [4.78, 5) is 4.37. The van der Waals surface area contributed by atoms with Crippen molar-refractivity contribution in [3.05, 3.63) is 24.0 Å². The molecule has 0 fully saturated rings. The fourth-order valence-electron chi connectivity index (χ4n) is 1.25. The van der Waals surface area contributed by atoms with E-state index in [4.69, 9.17) is 27.4 Å². The van der Waals surface area contributed by atoms with Gasteiger partial charge in [0, 0.05) is 25.4 Å². The van der Waals surface area contributed by atoms with Crippen molar-refractivity contribution in [2.45, 2.75) is 0 Å². The van der Waals surface area contributed by atoms with Crippen molar-refractivity contribution in [1.82, 2.24) is 4.98 Å². The van der Waals surface area contributed by atoms with Crippen LogP contribution < -0.4 is 11.1 Å². The van der Waals surface area contributed by atoms with E-state index in [-0.39, 0.29) is 0 Å². The summed E-state index contributed by atoms with van der Waals surface area (Å²) in [5, 5.41) is 3.18. The first-order chi connectivity index (χ1) is 8.25. The standard InChI is InChI=1S/C11H17N3O2S/c1-15-6-7-16-5-4-14-10-8-13-3-2-9(10)11(12)17/h2-3,8,14H,4-7H2,1H3,(H2,12,17). The van der Waals surface area contributed by atoms with Gasteiger partial charge in [0.1, 0.15) is 4.99 Å². The lowest BCUT2D eigenvalue weighted by Crippen LogP contribution is -2.16. The summed E-state index contributed by atoms with van der Waals surface area (Å²) in [6, 6.07) is 1.79. The lowest BCUT2D eigenvalue weighted by atomic mass is 10.2. The van der Waals surface area contributed by atoms with Crippen LogP contribution in [0.4, 0.5) is 5.69 Å². The second-order valence-electron chi connectivity index (χ2n) is 3.32. The second-order valence-corrected chi connectivity index (χ2v) is 3.76. The number of nitrogens with two attached hydrogens (primary N) is 1. The third-order valence-corrected chi connectivity index (χ3v) is 2.30. The Balaban J connectivity index is 2.34. The summed E-state index contributed by atoms with van der Waals surface area (Å²) in [7, 11) is 1.64. The van der Waals surface area contributed by atoms with Gasteiger partial charge in [0.05, 0.1) is 31.7 Å². The zero-order valence-corrected chi connectivity index (χ0v) is 10.6. The topological polar surface area (TPSA) is 69.4 Å². The van der Waals surface area contributed by atoms with Crippen LogP contribution in [0.1, 0.15) is 5.56 Å². The van der Waals surface area contributed by atoms with Crippen LogP contribution >= 0.6 is 12.2 Å². The molecule has 1 heterocycles. The highest BCUT2D eigenvalue weighted by Crippen LogP contribution is 2.12. The van der Waals surface area contributed by atoms with E-state index in [0.29, 0.717) is 31.4 Å². The summed E-state index contributed by atoms with van der Waals surface area (Å²) in [6.07, 6.45) is 3.36. The molecular formula is C11H17N3O2S. The Morgan fingerprint density at radius 1 is 1.47 bits per heavy atom. The summed E-state index contributed by atoms with van der Waals surface area (Å²) in [5.41, 5.74) is 7.23. The minimum Gasteiger partial charge on any atom is -0.389 e. The molecule has 0 aliphatic rings. The van der Waals surface area contributed by atoms with Crippen molar-refractivity contribution in [3.63, 3.8) is 0 Å². The van der Waals surface area contributed by atoms with Crippen LogP contribution in [0.2, 0.25) is 0 Å². The zero-order valence-electron chi connectivity index (χ0n) is 9.81. The first-order valence-electron chi connectivity index (χ1n) is 5.30. The van der Waals surface area contributed by atoms with Crippen LogP contribution in [0.3, 0.4) is 0 Å². The minimum atomic E-state index is 0.357. The van der Waals surface area contributed by atoms with Gasteiger partial charge in [-0.2, -0.15) is 0 Å². The Hall–Kier alpha value is -1.24. The van der Waals surface area contributed by atoms with Crippen LogP contribution in [0.5, 0.6) is 0 Å². The van der Waals surface area contributed by atoms with Crippen LogP contribution in [-0.2, 0) is 9.47 Å². The summed E-state index contributed by atoms with van der Waals surface area (Å²) in [5.74, 6) is 0. The number of methoxy groups -OCH3 is 1. The number of rotatable bonds is 8. The highest BCUT2D eigenvalue weighted by Gasteiger charge is 2.03. The molecule has 0 aromatic carbocycles. The molecule has 0 atom stereocenters. The normalized spacial score (nSPS) is 10.2. The Labute approximate surface area is 106 Å². The van der Waals surface area contributed by atoms with Crippen molar-refractivity contribution in [3.8, 4) is 0 Å². The fraction of sp³-hybridized carbons (Fsp3) is 0.455. The van der Waals surface area contributed by atoms with Gasteiger partial charge in [-0.05, 0) is 6.07 Å². The van der Waals surface area contributed by atoms with Crippen molar-refractivity contribution >= 4 is 22.9 Å². The number of pyridine rings is 1. The largest absolute Gasteiger partial charge is 0.389 e. The van der Waals surface area contributed by atoms with Gasteiger partial charge >= 0.3 is 0 Å². The SMILES string of the molecule is COCCOCCNc1cnccc1C(N)=S. The molecule has 5 nitrogen and oxygen atoms in total. The number of anilines is 1. The molecule has 1 aromatic heterocycles. The van der Waals surface area contributed by atoms with Crippen molar-refractivity contribution in [2.24, 2.45) is 5.73 Å². The molecule has 0 aliphatic carbocycles. The molecule has 1 rings (SSSR count). The van der Waals surface area contributed by atoms with Gasteiger partial charge < -0.3 is 20.5 Å². The van der Waals surface area contributed by atoms with E-state index in [9.17, 15) is 0 Å². The van der Waals surface area contributed by atoms with Crippen molar-refractivity contribution < 1.29 is 9.47 Å². The summed E-state index contributed by atoms with van der Waals surface area (Å²) in [6.45, 7) is 2.46. The van der Waals surface area contributed by atoms with Crippen LogP contribution in [0, 0.1) is 0 Å². The van der Waals surface area contributed by atoms with E-state index in [1.54, 1.807) is 25.6 Å². The predicted molar refractivity (Wildman–Crippen MR) is 71.3 cm³/mol. The smallest absolute Gasteiger partial charge is 0.106 e. The average Bonchev–Trinajstić information content (AvgIpc) is 2.34. The van der Waals surface area contributed by atoms with E-state index in [1.807, 2.05) is 0 Å². The maximum Gasteiger partial charge on any atom is 0.106 e. The lowest BCUT2D eigenvalue weighted by molar-refractivity contribution is 0.0759. The molecule has 94 valence electrons. The molecule has 0 saturated heterocycles. The van der Waals surface area contributed by atoms with E-state index in [1.165, 1.54) is 0 Å². The molecule has 0 spiro atoms. The molecule has 0 radical (unpaired) electrons. The number of aromatic nitrogens is 1. The van der Waals surface area contributed by atoms with E-state index >= 15 is 0 Å². The molecule has 0 saturated carbocycles. The van der Waals surface area contributed by atoms with Crippen LogP contribution in [0.25, 0.3) is 0 Å². The monoisotopic (exact) mass is 255 g/mol. The highest BCUT2D eigenvalue weighted by atomic mass is 32.1. The first kappa shape index (κ1) is 13.8. The number of hydrogen-bond acceptors (Lipinski definition) is 5. The first-order valence-corrected chi connectivity index (χ1v) is 5.71. The number of hydrogen-bond donors (Lipinski definition) is 2. The molecule has 6 heteroatoms. The number of thiocarbonyl (C=S) groups is 1. The van der Waals surface area contributed by atoms with E-state index in [0.717, 1.165) is 11.3 Å². The molecule has 3 N–H and O–H groups in total. The van der Waals surface area contributed by atoms with Gasteiger partial charge in [-0.3, -0.25) is 4.98 Å². The minimum absolute atomic E-state index is 0.357. The maximum absolute atomic E-state index is 5.60. The third kappa shape index (κ3) is 5.08. The highest BCUT2D eigenvalue weighted by molar-refractivity contribution is 7.80. The molecule has 0 bridgehead atoms. The Morgan fingerprint density at radius 3 is 3.00 bits per heavy atom. The zero-order chi connectivity index (χ0) is 12.5. The molecule has 0 unspecified atom stereocenters. The predicted octanol–water partition coefficient (Wildman–Crippen LogP) is 0.791. The van der Waals surface area contributed by atoms with Gasteiger partial charge in [0.2, 0.25) is 0 Å². The van der Waals surface area contributed by atoms with Crippen molar-refractivity contribution in [2.75, 3.05) is 38.8 Å². The second kappa shape index (κ2) is 7.94. The lowest BCUT2D eigenvalue weighted by Gasteiger charge is -2.10. The summed E-state index contributed by atoms with van der Waals surface area (Å²) >= 11 is 4.95. The van der Waals surface area contributed by atoms with Crippen LogP contribution in [-0.4, -0.2) is 43.4 Å². The molecule has 1 aromatic rings. The number of nitrogens with one attached hydrogen (secondary N) is 1. The maximum atomic E-state index is 5.60. The number of nitrogens with zero attached hydrogens (tertiary/aromatic N) is 1. The third-order valence-electron chi connectivity index (χ3n) is 2.08. The Kier molecular flexibility index (Phi) is 6.46. The Bertz CT molecular complexity index is 360. The molecule has 17 heavy (non-hydrogen) atoms. The van der Waals surface area contributed by atoms with Gasteiger partial charge in [0.25, 0.3) is 0 Å². The van der Waals surface area contributed by atoms with Gasteiger partial charge in [-0.15, -0.1) is 0 Å². The van der Waals surface area contributed by atoms with E-state index < -0.39 is 0 Å². The van der Waals surface area contributed by atoms with Gasteiger partial charge in [-0.1, -0.05) is 12.2 Å².